The standard InChI is InChI=1S/C4H3Cl4F3Si/c5-2-1-3(9,4(2,10)11)12(6,7)8/h2H,1H2. The van der Waals surface area contributed by atoms with Gasteiger partial charge in [-0.05, 0) is 0 Å². The van der Waals surface area contributed by atoms with Gasteiger partial charge in [-0.2, -0.15) is 0 Å². The Hall–Kier alpha value is 1.17. The summed E-state index contributed by atoms with van der Waals surface area (Å²) in [6.07, 6.45) is -0.593. The quantitative estimate of drug-likeness (QED) is 0.391. The van der Waals surface area contributed by atoms with Gasteiger partial charge in [-0.3, -0.25) is 0 Å². The molecule has 0 aliphatic heterocycles. The monoisotopic (exact) mass is 276 g/mol. The molecule has 0 N–H and O–H groups in total. The van der Waals surface area contributed by atoms with E-state index >= 15 is 0 Å². The molecule has 1 aliphatic rings. The van der Waals surface area contributed by atoms with E-state index in [4.69, 9.17) is 44.8 Å². The zero-order valence-corrected chi connectivity index (χ0v) is 9.45. The average Bonchev–Trinajstić information content (AvgIpc) is 1.85. The van der Waals surface area contributed by atoms with E-state index < -0.39 is 29.0 Å². The lowest BCUT2D eigenvalue weighted by molar-refractivity contribution is -0.164. The molecule has 0 radical (unpaired) electrons. The van der Waals surface area contributed by atoms with Crippen molar-refractivity contribution in [3.05, 3.63) is 0 Å². The van der Waals surface area contributed by atoms with Gasteiger partial charge in [0.2, 0.25) is 5.29 Å². The van der Waals surface area contributed by atoms with Crippen LogP contribution in [-0.4, -0.2) is 22.6 Å². The second-order valence-electron chi connectivity index (χ2n) is 2.59. The lowest BCUT2D eigenvalue weighted by Crippen LogP contribution is -2.70. The summed E-state index contributed by atoms with van der Waals surface area (Å²) in [7, 11) is 0. The van der Waals surface area contributed by atoms with Crippen LogP contribution < -0.4 is 0 Å². The van der Waals surface area contributed by atoms with Crippen molar-refractivity contribution in [3.8, 4) is 0 Å². The van der Waals surface area contributed by atoms with Gasteiger partial charge in [-0.15, -0.1) is 44.8 Å². The third-order valence-electron chi connectivity index (χ3n) is 1.83. The summed E-state index contributed by atoms with van der Waals surface area (Å²) in [5.74, 6) is -3.72. The number of halogens is 7. The van der Waals surface area contributed by atoms with Gasteiger partial charge in [0.25, 0.3) is 5.92 Å². The third kappa shape index (κ3) is 1.27. The first-order valence-electron chi connectivity index (χ1n) is 2.90. The summed E-state index contributed by atoms with van der Waals surface area (Å²) in [5, 5.41) is -4.57. The fourth-order valence-electron chi connectivity index (χ4n) is 0.933. The van der Waals surface area contributed by atoms with Crippen molar-refractivity contribution < 1.29 is 13.2 Å². The molecule has 1 saturated carbocycles. The van der Waals surface area contributed by atoms with Crippen LogP contribution in [0.1, 0.15) is 6.42 Å². The van der Waals surface area contributed by atoms with E-state index in [1.807, 2.05) is 0 Å². The highest BCUT2D eigenvalue weighted by Crippen LogP contribution is 2.60. The van der Waals surface area contributed by atoms with Crippen molar-refractivity contribution in [1.29, 1.82) is 0 Å². The minimum absolute atomic E-state index is 0.593. The predicted octanol–water partition coefficient (Wildman–Crippen LogP) is 3.54. The van der Waals surface area contributed by atoms with Crippen LogP contribution in [0.3, 0.4) is 0 Å². The van der Waals surface area contributed by atoms with Crippen LogP contribution in [-0.2, 0) is 0 Å². The molecule has 12 heavy (non-hydrogen) atoms. The minimum Gasteiger partial charge on any atom is -0.236 e. The summed E-state index contributed by atoms with van der Waals surface area (Å²) >= 11 is 20.6. The van der Waals surface area contributed by atoms with E-state index in [1.165, 1.54) is 0 Å². The first-order chi connectivity index (χ1) is 5.13. The maximum absolute atomic E-state index is 13.3. The van der Waals surface area contributed by atoms with Crippen molar-refractivity contribution in [3.63, 3.8) is 0 Å². The van der Waals surface area contributed by atoms with Gasteiger partial charge in [0.15, 0.2) is 0 Å². The SMILES string of the molecule is FC1(F)C(Cl)CC1(F)[Si](Cl)(Cl)Cl. The molecule has 72 valence electrons. The van der Waals surface area contributed by atoms with Crippen LogP contribution in [0, 0.1) is 0 Å². The number of hydrogen-bond donors (Lipinski definition) is 0. The zero-order chi connectivity index (χ0) is 9.78. The van der Waals surface area contributed by atoms with Gasteiger partial charge in [-0.1, -0.05) is 0 Å². The highest BCUT2D eigenvalue weighted by Gasteiger charge is 2.79. The van der Waals surface area contributed by atoms with E-state index in [1.54, 1.807) is 0 Å². The van der Waals surface area contributed by atoms with Crippen molar-refractivity contribution in [2.45, 2.75) is 23.0 Å². The highest BCUT2D eigenvalue weighted by atomic mass is 35.8. The summed E-state index contributed by atoms with van der Waals surface area (Å²) < 4.78 is 38.8. The molecule has 0 bridgehead atoms. The second kappa shape index (κ2) is 2.83. The molecule has 2 unspecified atom stereocenters. The van der Waals surface area contributed by atoms with Crippen LogP contribution >= 0.6 is 44.8 Å². The second-order valence-corrected chi connectivity index (χ2v) is 11.8. The lowest BCUT2D eigenvalue weighted by atomic mass is 9.90. The topological polar surface area (TPSA) is 0 Å². The van der Waals surface area contributed by atoms with E-state index in [0.29, 0.717) is 0 Å². The smallest absolute Gasteiger partial charge is 0.236 e. The van der Waals surface area contributed by atoms with Gasteiger partial charge >= 0.3 is 6.00 Å². The van der Waals surface area contributed by atoms with E-state index in [9.17, 15) is 13.2 Å². The zero-order valence-electron chi connectivity index (χ0n) is 5.43. The van der Waals surface area contributed by atoms with Crippen LogP contribution in [0.5, 0.6) is 0 Å². The molecular formula is C4H3Cl4F3Si. The molecule has 0 amide bonds. The van der Waals surface area contributed by atoms with Crippen molar-refractivity contribution in [1.82, 2.24) is 0 Å². The van der Waals surface area contributed by atoms with E-state index in [0.717, 1.165) is 0 Å². The van der Waals surface area contributed by atoms with Crippen LogP contribution in [0.15, 0.2) is 0 Å². The Bertz CT molecular complexity index is 205. The Morgan fingerprint density at radius 1 is 1.17 bits per heavy atom. The van der Waals surface area contributed by atoms with Gasteiger partial charge in [0, 0.05) is 6.42 Å². The fraction of sp³-hybridized carbons (Fsp3) is 1.00. The number of hydrogen-bond acceptors (Lipinski definition) is 0. The van der Waals surface area contributed by atoms with E-state index in [-0.39, 0.29) is 0 Å². The van der Waals surface area contributed by atoms with Crippen molar-refractivity contribution in [2.24, 2.45) is 0 Å². The number of rotatable bonds is 1. The molecule has 0 spiro atoms. The molecule has 0 aromatic heterocycles. The lowest BCUT2D eigenvalue weighted by Gasteiger charge is -2.48. The molecular weight excluding hydrogens is 275 g/mol. The molecule has 0 aromatic rings. The normalized spacial score (nSPS) is 40.8. The Morgan fingerprint density at radius 2 is 1.58 bits per heavy atom. The third-order valence-corrected chi connectivity index (χ3v) is 6.39. The molecule has 1 aliphatic carbocycles. The molecule has 2 atom stereocenters. The Morgan fingerprint density at radius 3 is 1.67 bits per heavy atom. The maximum Gasteiger partial charge on any atom is 0.384 e. The molecule has 0 aromatic carbocycles. The average molecular weight is 278 g/mol. The Balaban J connectivity index is 2.91. The summed E-state index contributed by atoms with van der Waals surface area (Å²) in [6, 6.07) is -4.06. The van der Waals surface area contributed by atoms with E-state index in [2.05, 4.69) is 0 Å². The number of alkyl halides is 4. The largest absolute Gasteiger partial charge is 0.384 e. The van der Waals surface area contributed by atoms with Crippen LogP contribution in [0.2, 0.25) is 0 Å². The summed E-state index contributed by atoms with van der Waals surface area (Å²) in [4.78, 5) is 0. The first kappa shape index (κ1) is 11.2. The fourth-order valence-corrected chi connectivity index (χ4v) is 4.36. The Labute approximate surface area is 87.0 Å². The molecule has 0 saturated heterocycles. The van der Waals surface area contributed by atoms with Crippen LogP contribution in [0.25, 0.3) is 0 Å². The maximum atomic E-state index is 13.3. The molecule has 0 heterocycles. The summed E-state index contributed by atoms with van der Waals surface area (Å²) in [5.41, 5.74) is 0. The van der Waals surface area contributed by atoms with Gasteiger partial charge < -0.3 is 0 Å². The van der Waals surface area contributed by atoms with Gasteiger partial charge in [-0.25, -0.2) is 13.2 Å². The summed E-state index contributed by atoms with van der Waals surface area (Å²) in [6.45, 7) is 0. The molecule has 8 heteroatoms. The van der Waals surface area contributed by atoms with Gasteiger partial charge in [0.1, 0.15) is 5.38 Å². The predicted molar refractivity (Wildman–Crippen MR) is 46.4 cm³/mol. The van der Waals surface area contributed by atoms with Crippen LogP contribution in [0.4, 0.5) is 13.2 Å². The minimum atomic E-state index is -4.06. The van der Waals surface area contributed by atoms with Crippen molar-refractivity contribution >= 4 is 50.8 Å². The Kier molecular flexibility index (Phi) is 2.65. The highest BCUT2D eigenvalue weighted by molar-refractivity contribution is 7.65. The van der Waals surface area contributed by atoms with Crippen molar-refractivity contribution in [2.75, 3.05) is 0 Å². The molecule has 1 rings (SSSR count). The first-order valence-corrected chi connectivity index (χ1v) is 8.37. The molecule has 0 nitrogen and oxygen atoms in total. The van der Waals surface area contributed by atoms with Gasteiger partial charge in [0.05, 0.1) is 0 Å². The molecule has 1 fully saturated rings.